The van der Waals surface area contributed by atoms with Crippen LogP contribution in [0, 0.1) is 18.7 Å². The van der Waals surface area contributed by atoms with E-state index in [1.807, 2.05) is 13.8 Å². The fourth-order valence-corrected chi connectivity index (χ4v) is 5.88. The van der Waals surface area contributed by atoms with Crippen LogP contribution in [0.3, 0.4) is 0 Å². The topological polar surface area (TPSA) is 131 Å². The van der Waals surface area contributed by atoms with Gasteiger partial charge < -0.3 is 24.8 Å². The molecule has 1 aliphatic carbocycles. The van der Waals surface area contributed by atoms with E-state index >= 15 is 0 Å². The van der Waals surface area contributed by atoms with Crippen LogP contribution in [0.2, 0.25) is 0 Å². The van der Waals surface area contributed by atoms with Crippen LogP contribution < -0.4 is 10.9 Å². The fraction of sp³-hybridized carbons (Fsp3) is 0.448. The van der Waals surface area contributed by atoms with Gasteiger partial charge in [0, 0.05) is 29.1 Å². The number of hydrogen-bond donors (Lipinski definition) is 3. The minimum atomic E-state index is -1.48. The summed E-state index contributed by atoms with van der Waals surface area (Å²) in [6.45, 7) is 6.76. The first-order valence-electron chi connectivity index (χ1n) is 13.4. The summed E-state index contributed by atoms with van der Waals surface area (Å²) in [5.74, 6) is -1.17. The van der Waals surface area contributed by atoms with Crippen LogP contribution in [0.1, 0.15) is 66.2 Å². The molecule has 4 aliphatic rings. The first-order chi connectivity index (χ1) is 18.8. The molecule has 7 rings (SSSR count). The Hall–Kier alpha value is -3.63. The lowest BCUT2D eigenvalue weighted by Crippen LogP contribution is -2.32. The summed E-state index contributed by atoms with van der Waals surface area (Å²) in [5.41, 5.74) is 5.86. The van der Waals surface area contributed by atoms with Gasteiger partial charge in [-0.15, -0.1) is 0 Å². The lowest BCUT2D eigenvalue weighted by molar-refractivity contribution is -0.157. The van der Waals surface area contributed by atoms with E-state index in [1.165, 1.54) is 6.07 Å². The highest BCUT2D eigenvalue weighted by atomic mass is 19.1. The minimum Gasteiger partial charge on any atom is -0.458 e. The number of amides is 1. The zero-order chi connectivity index (χ0) is 28.0. The zero-order valence-corrected chi connectivity index (χ0v) is 22.3. The van der Waals surface area contributed by atoms with Crippen LogP contribution in [-0.2, 0) is 40.3 Å². The smallest absolute Gasteiger partial charge is 0.340 e. The molecule has 206 valence electrons. The molecule has 1 fully saturated rings. The van der Waals surface area contributed by atoms with Crippen LogP contribution in [0.5, 0.6) is 0 Å². The van der Waals surface area contributed by atoms with Crippen molar-refractivity contribution in [3.05, 3.63) is 61.7 Å². The van der Waals surface area contributed by atoms with E-state index in [2.05, 4.69) is 5.32 Å². The molecule has 3 aromatic rings. The second-order valence-electron chi connectivity index (χ2n) is 9.95. The number of rotatable bonds is 1. The zero-order valence-electron chi connectivity index (χ0n) is 22.3. The summed E-state index contributed by atoms with van der Waals surface area (Å²) in [5, 5.41) is 22.3. The Labute approximate surface area is 224 Å². The minimum absolute atomic E-state index is 0.00694. The summed E-state index contributed by atoms with van der Waals surface area (Å²) in [6.07, 6.45) is 1.90. The lowest BCUT2D eigenvalue weighted by Gasteiger charge is -2.22. The van der Waals surface area contributed by atoms with Gasteiger partial charge in [-0.05, 0) is 55.4 Å². The van der Waals surface area contributed by atoms with Crippen LogP contribution in [0.15, 0.2) is 16.9 Å². The van der Waals surface area contributed by atoms with Crippen molar-refractivity contribution in [2.75, 3.05) is 13.2 Å². The van der Waals surface area contributed by atoms with Crippen molar-refractivity contribution in [2.45, 2.75) is 65.7 Å². The van der Waals surface area contributed by atoms with Gasteiger partial charge in [0.15, 0.2) is 6.10 Å². The molecule has 1 aromatic carbocycles. The largest absolute Gasteiger partial charge is 0.458 e. The van der Waals surface area contributed by atoms with Gasteiger partial charge in [-0.25, -0.2) is 14.2 Å². The average molecular weight is 538 g/mol. The molecule has 2 atom stereocenters. The molecular formula is C29H32FN3O6. The monoisotopic (exact) mass is 537 g/mol. The van der Waals surface area contributed by atoms with Crippen LogP contribution in [0.4, 0.5) is 4.39 Å². The quantitative estimate of drug-likeness (QED) is 0.318. The van der Waals surface area contributed by atoms with Crippen molar-refractivity contribution in [3.63, 3.8) is 0 Å². The predicted molar refractivity (Wildman–Crippen MR) is 142 cm³/mol. The van der Waals surface area contributed by atoms with E-state index in [1.54, 1.807) is 17.6 Å². The van der Waals surface area contributed by atoms with Gasteiger partial charge in [0.05, 0.1) is 41.5 Å². The Morgan fingerprint density at radius 1 is 1.13 bits per heavy atom. The third-order valence-corrected chi connectivity index (χ3v) is 7.92. The summed E-state index contributed by atoms with van der Waals surface area (Å²) < 4.78 is 21.1. The normalized spacial score (nSPS) is 20.1. The van der Waals surface area contributed by atoms with E-state index in [9.17, 15) is 23.9 Å². The Kier molecular flexibility index (Phi) is 7.26. The number of esters is 1. The molecule has 39 heavy (non-hydrogen) atoms. The van der Waals surface area contributed by atoms with Gasteiger partial charge in [0.1, 0.15) is 12.4 Å². The maximum atomic E-state index is 14.5. The molecule has 2 unspecified atom stereocenters. The van der Waals surface area contributed by atoms with Crippen molar-refractivity contribution in [1.82, 2.24) is 14.9 Å². The number of aryl methyl sites for hydroxylation is 2. The number of halogens is 1. The van der Waals surface area contributed by atoms with Crippen molar-refractivity contribution >= 4 is 22.8 Å². The molecule has 5 heterocycles. The third kappa shape index (κ3) is 4.31. The number of cyclic esters (lactones) is 1. The molecule has 0 bridgehead atoms. The molecule has 0 saturated carbocycles. The molecule has 3 aliphatic heterocycles. The highest BCUT2D eigenvalue weighted by Crippen LogP contribution is 2.41. The molecule has 3 N–H and O–H groups in total. The fourth-order valence-electron chi connectivity index (χ4n) is 5.88. The number of carbonyl (C=O) groups is 2. The van der Waals surface area contributed by atoms with E-state index in [0.29, 0.717) is 34.6 Å². The van der Waals surface area contributed by atoms with Crippen molar-refractivity contribution in [1.29, 1.82) is 0 Å². The maximum Gasteiger partial charge on any atom is 0.340 e. The van der Waals surface area contributed by atoms with Crippen molar-refractivity contribution < 1.29 is 28.9 Å². The highest BCUT2D eigenvalue weighted by Gasteiger charge is 2.35. The Morgan fingerprint density at radius 2 is 1.87 bits per heavy atom. The van der Waals surface area contributed by atoms with Crippen LogP contribution >= 0.6 is 0 Å². The summed E-state index contributed by atoms with van der Waals surface area (Å²) in [4.78, 5) is 40.1. The molecule has 2 aromatic heterocycles. The van der Waals surface area contributed by atoms with E-state index in [0.717, 1.165) is 54.3 Å². The number of aromatic nitrogens is 2. The van der Waals surface area contributed by atoms with Crippen molar-refractivity contribution in [3.8, 4) is 11.4 Å². The van der Waals surface area contributed by atoms with E-state index < -0.39 is 12.1 Å². The number of nitrogens with one attached hydrogen (secondary N) is 1. The Morgan fingerprint density at radius 3 is 2.54 bits per heavy atom. The number of nitrogens with zero attached hydrogens (tertiary/aromatic N) is 2. The molecular weight excluding hydrogens is 505 g/mol. The molecule has 1 amide bonds. The van der Waals surface area contributed by atoms with Gasteiger partial charge in [-0.1, -0.05) is 13.8 Å². The van der Waals surface area contributed by atoms with Gasteiger partial charge in [0.2, 0.25) is 5.91 Å². The number of aliphatic hydroxyl groups excluding tert-OH is 2. The number of aliphatic hydroxyl groups is 2. The summed E-state index contributed by atoms with van der Waals surface area (Å²) in [7, 11) is 0. The Balaban J connectivity index is 0.000000264. The first-order valence-corrected chi connectivity index (χ1v) is 13.4. The molecule has 9 nitrogen and oxygen atoms in total. The second kappa shape index (κ2) is 10.5. The molecule has 1 saturated heterocycles. The maximum absolute atomic E-state index is 14.5. The highest BCUT2D eigenvalue weighted by molar-refractivity contribution is 5.92. The standard InChI is InChI=1S/C22H17FN2O4.C5H9NO2.C2H6/c1-9-10-3-2-4-11-13-7-25-17(19(13)24-16(18(10)11)6-15(9)23)5-12-14(21(25)27)8-29-22(28)20(12)26;7-3-4-1-2-6-5(4)8;1-2/h5-6,20,26H,2-4,7-8H2,1H3;4,7H,1-3H2,(H,6,8);1-2H3. The van der Waals surface area contributed by atoms with Crippen LogP contribution in [-0.4, -0.2) is 44.8 Å². The first kappa shape index (κ1) is 27.0. The number of ether oxygens (including phenoxy) is 1. The van der Waals surface area contributed by atoms with Gasteiger partial charge >= 0.3 is 5.97 Å². The van der Waals surface area contributed by atoms with E-state index in [-0.39, 0.29) is 42.0 Å². The summed E-state index contributed by atoms with van der Waals surface area (Å²) >= 11 is 0. The van der Waals surface area contributed by atoms with Crippen LogP contribution in [0.25, 0.3) is 22.3 Å². The van der Waals surface area contributed by atoms with E-state index in [4.69, 9.17) is 14.8 Å². The number of hydrogen-bond acceptors (Lipinski definition) is 7. The molecule has 10 heteroatoms. The molecule has 0 radical (unpaired) electrons. The Bertz CT molecular complexity index is 1560. The van der Waals surface area contributed by atoms with Gasteiger partial charge in [0.25, 0.3) is 5.56 Å². The second-order valence-corrected chi connectivity index (χ2v) is 9.95. The molecule has 0 spiro atoms. The van der Waals surface area contributed by atoms with Gasteiger partial charge in [-0.2, -0.15) is 0 Å². The number of fused-ring (bicyclic) bond motifs is 5. The predicted octanol–water partition coefficient (Wildman–Crippen LogP) is 2.59. The van der Waals surface area contributed by atoms with Gasteiger partial charge in [-0.3, -0.25) is 9.59 Å². The number of carbonyl (C=O) groups excluding carboxylic acids is 2. The number of pyridine rings is 2. The average Bonchev–Trinajstić information content (AvgIpc) is 3.54. The third-order valence-electron chi connectivity index (χ3n) is 7.92. The number of benzene rings is 1. The van der Waals surface area contributed by atoms with Crippen molar-refractivity contribution in [2.24, 2.45) is 5.92 Å². The summed E-state index contributed by atoms with van der Waals surface area (Å²) in [6, 6.07) is 3.13. The lowest BCUT2D eigenvalue weighted by atomic mass is 9.85. The SMILES string of the molecule is CC.Cc1c(F)cc2nc3c(c4c2c1CCC4)Cn1c-3cc2c(c1=O)COC(=O)C2O.O=C1NCCC1CO.